The lowest BCUT2D eigenvalue weighted by Gasteiger charge is -1.96. The molecule has 0 unspecified atom stereocenters. The van der Waals surface area contributed by atoms with E-state index in [0.29, 0.717) is 16.5 Å². The summed E-state index contributed by atoms with van der Waals surface area (Å²) in [4.78, 5) is 16.0. The first-order valence-electron chi connectivity index (χ1n) is 5.32. The van der Waals surface area contributed by atoms with Crippen LogP contribution < -0.4 is 0 Å². The van der Waals surface area contributed by atoms with E-state index in [2.05, 4.69) is 15.2 Å². The highest BCUT2D eigenvalue weighted by Crippen LogP contribution is 2.23. The van der Waals surface area contributed by atoms with Crippen LogP contribution in [-0.2, 0) is 0 Å². The van der Waals surface area contributed by atoms with E-state index >= 15 is 0 Å². The number of hydrogen-bond donors (Lipinski definition) is 1. The van der Waals surface area contributed by atoms with E-state index in [9.17, 15) is 4.79 Å². The van der Waals surface area contributed by atoms with Gasteiger partial charge in [-0.2, -0.15) is 5.10 Å². The van der Waals surface area contributed by atoms with Crippen LogP contribution in [0.25, 0.3) is 11.0 Å². The van der Waals surface area contributed by atoms with Gasteiger partial charge in [0, 0.05) is 5.39 Å². The van der Waals surface area contributed by atoms with Crippen molar-refractivity contribution in [2.75, 3.05) is 5.75 Å². The van der Waals surface area contributed by atoms with Gasteiger partial charge in [0.2, 0.25) is 0 Å². The first kappa shape index (κ1) is 11.0. The topological polar surface area (TPSA) is 71.8 Å². The number of carbonyl (C=O) groups excluding carboxylic acids is 1. The molecule has 0 atom stereocenters. The van der Waals surface area contributed by atoms with Gasteiger partial charge >= 0.3 is 0 Å². The number of H-pyrrole nitrogens is 1. The molecule has 90 valence electrons. The maximum Gasteiger partial charge on any atom is 0.183 e. The molecule has 5 nitrogen and oxygen atoms in total. The van der Waals surface area contributed by atoms with Crippen molar-refractivity contribution in [2.45, 2.75) is 5.16 Å². The van der Waals surface area contributed by atoms with Crippen molar-refractivity contribution >= 4 is 28.5 Å². The highest BCUT2D eigenvalue weighted by atomic mass is 32.2. The number of nitrogens with zero attached hydrogens (tertiary/aromatic N) is 2. The molecular weight excluding hydrogens is 250 g/mol. The van der Waals surface area contributed by atoms with E-state index in [-0.39, 0.29) is 5.78 Å². The molecule has 0 aliphatic carbocycles. The Morgan fingerprint density at radius 1 is 1.39 bits per heavy atom. The lowest BCUT2D eigenvalue weighted by atomic mass is 10.1. The van der Waals surface area contributed by atoms with Crippen molar-refractivity contribution in [1.29, 1.82) is 0 Å². The van der Waals surface area contributed by atoms with Crippen LogP contribution in [0.3, 0.4) is 0 Å². The Balaban J connectivity index is 1.80. The third kappa shape index (κ3) is 2.02. The highest BCUT2D eigenvalue weighted by Gasteiger charge is 2.14. The molecule has 18 heavy (non-hydrogen) atoms. The van der Waals surface area contributed by atoms with Gasteiger partial charge in [-0.15, -0.1) is 0 Å². The zero-order valence-corrected chi connectivity index (χ0v) is 10.1. The Labute approximate surface area is 107 Å². The molecule has 3 aromatic rings. The Bertz CT molecular complexity index is 676. The normalized spacial score (nSPS) is 10.9. The zero-order chi connectivity index (χ0) is 12.4. The van der Waals surface area contributed by atoms with Crippen molar-refractivity contribution in [3.63, 3.8) is 0 Å². The fourth-order valence-electron chi connectivity index (χ4n) is 1.67. The largest absolute Gasteiger partial charge is 0.464 e. The lowest BCUT2D eigenvalue weighted by Crippen LogP contribution is -2.01. The summed E-state index contributed by atoms with van der Waals surface area (Å²) in [6, 6.07) is 7.49. The number of benzene rings is 1. The van der Waals surface area contributed by atoms with Crippen molar-refractivity contribution in [1.82, 2.24) is 15.2 Å². The minimum absolute atomic E-state index is 0.0151. The van der Waals surface area contributed by atoms with Crippen LogP contribution in [0.15, 0.2) is 46.4 Å². The monoisotopic (exact) mass is 259 g/mol. The molecule has 2 heterocycles. The van der Waals surface area contributed by atoms with E-state index in [0.717, 1.165) is 11.0 Å². The fraction of sp³-hybridized carbons (Fsp3) is 0.0833. The van der Waals surface area contributed by atoms with E-state index in [1.165, 1.54) is 24.4 Å². The minimum atomic E-state index is 0.0151. The zero-order valence-electron chi connectivity index (χ0n) is 9.29. The van der Waals surface area contributed by atoms with Gasteiger partial charge in [0.25, 0.3) is 0 Å². The van der Waals surface area contributed by atoms with E-state index in [1.54, 1.807) is 0 Å². The van der Waals surface area contributed by atoms with Crippen molar-refractivity contribution < 1.29 is 9.21 Å². The van der Waals surface area contributed by atoms with Gasteiger partial charge in [0.05, 0.1) is 11.3 Å². The molecule has 0 aliphatic heterocycles. The van der Waals surface area contributed by atoms with Gasteiger partial charge in [-0.1, -0.05) is 30.0 Å². The number of para-hydroxylation sites is 1. The Kier molecular flexibility index (Phi) is 2.85. The maximum atomic E-state index is 12.1. The third-order valence-corrected chi connectivity index (χ3v) is 3.39. The predicted octanol–water partition coefficient (Wildman–Crippen LogP) is 2.53. The molecular formula is C12H9N3O2S. The summed E-state index contributed by atoms with van der Waals surface area (Å²) < 4.78 is 5.34. The molecule has 3 rings (SSSR count). The quantitative estimate of drug-likeness (QED) is 0.575. The predicted molar refractivity (Wildman–Crippen MR) is 67.7 cm³/mol. The van der Waals surface area contributed by atoms with Crippen molar-refractivity contribution in [2.24, 2.45) is 0 Å². The smallest absolute Gasteiger partial charge is 0.183 e. The van der Waals surface area contributed by atoms with Crippen LogP contribution in [0, 0.1) is 0 Å². The van der Waals surface area contributed by atoms with Crippen LogP contribution in [0.1, 0.15) is 10.4 Å². The number of aromatic nitrogens is 3. The first-order valence-corrected chi connectivity index (χ1v) is 6.31. The van der Waals surface area contributed by atoms with Crippen molar-refractivity contribution in [3.8, 4) is 0 Å². The third-order valence-electron chi connectivity index (χ3n) is 2.51. The summed E-state index contributed by atoms with van der Waals surface area (Å²) in [5.41, 5.74) is 1.34. The number of rotatable bonds is 4. The number of carbonyl (C=O) groups is 1. The second-order valence-electron chi connectivity index (χ2n) is 3.65. The van der Waals surface area contributed by atoms with Gasteiger partial charge < -0.3 is 4.42 Å². The summed E-state index contributed by atoms with van der Waals surface area (Å²) in [5.74, 6) is 0.319. The first-order chi connectivity index (χ1) is 8.84. The number of hydrogen-bond acceptors (Lipinski definition) is 5. The molecule has 0 spiro atoms. The molecule has 0 radical (unpaired) electrons. The average Bonchev–Trinajstić information content (AvgIpc) is 3.05. The fourth-order valence-corrected chi connectivity index (χ4v) is 2.33. The molecule has 0 bridgehead atoms. The van der Waals surface area contributed by atoms with Gasteiger partial charge in [-0.25, -0.2) is 4.98 Å². The molecule has 2 aromatic heterocycles. The summed E-state index contributed by atoms with van der Waals surface area (Å²) in [6.45, 7) is 0. The SMILES string of the molecule is O=C(CSc1ncn[nH]1)c1coc2ccccc12. The van der Waals surface area contributed by atoms with E-state index in [4.69, 9.17) is 4.42 Å². The molecule has 1 N–H and O–H groups in total. The van der Waals surface area contributed by atoms with Gasteiger partial charge in [0.1, 0.15) is 18.2 Å². The van der Waals surface area contributed by atoms with E-state index < -0.39 is 0 Å². The molecule has 0 saturated heterocycles. The lowest BCUT2D eigenvalue weighted by molar-refractivity contribution is 0.102. The number of ketones is 1. The molecule has 0 fully saturated rings. The van der Waals surface area contributed by atoms with Crippen LogP contribution >= 0.6 is 11.8 Å². The number of furan rings is 1. The Morgan fingerprint density at radius 2 is 2.28 bits per heavy atom. The van der Waals surface area contributed by atoms with Crippen molar-refractivity contribution in [3.05, 3.63) is 42.4 Å². The second-order valence-corrected chi connectivity index (χ2v) is 4.61. The Morgan fingerprint density at radius 3 is 3.11 bits per heavy atom. The number of aromatic amines is 1. The summed E-state index contributed by atoms with van der Waals surface area (Å²) in [5, 5.41) is 7.91. The molecule has 0 amide bonds. The minimum Gasteiger partial charge on any atom is -0.464 e. The number of nitrogens with one attached hydrogen (secondary N) is 1. The standard InChI is InChI=1S/C12H9N3O2S/c16-10(6-18-12-13-7-14-15-12)9-5-17-11-4-2-1-3-8(9)11/h1-5,7H,6H2,(H,13,14,15). The summed E-state index contributed by atoms with van der Waals surface area (Å²) in [6.07, 6.45) is 2.92. The molecule has 0 saturated carbocycles. The number of Topliss-reactive ketones (excluding diaryl/α,β-unsaturated/α-hetero) is 1. The van der Waals surface area contributed by atoms with Crippen LogP contribution in [-0.4, -0.2) is 26.7 Å². The van der Waals surface area contributed by atoms with Gasteiger partial charge in [-0.3, -0.25) is 9.89 Å². The van der Waals surface area contributed by atoms with Crippen LogP contribution in [0.4, 0.5) is 0 Å². The molecule has 1 aromatic carbocycles. The van der Waals surface area contributed by atoms with Gasteiger partial charge in [0.15, 0.2) is 10.9 Å². The Hall–Kier alpha value is -2.08. The summed E-state index contributed by atoms with van der Waals surface area (Å²) >= 11 is 1.32. The average molecular weight is 259 g/mol. The number of fused-ring (bicyclic) bond motifs is 1. The van der Waals surface area contributed by atoms with Crippen LogP contribution in [0.2, 0.25) is 0 Å². The summed E-state index contributed by atoms with van der Waals surface area (Å²) in [7, 11) is 0. The van der Waals surface area contributed by atoms with E-state index in [1.807, 2.05) is 24.3 Å². The highest BCUT2D eigenvalue weighted by molar-refractivity contribution is 7.99. The molecule has 6 heteroatoms. The van der Waals surface area contributed by atoms with Gasteiger partial charge in [-0.05, 0) is 6.07 Å². The second kappa shape index (κ2) is 4.66. The number of thioether (sulfide) groups is 1. The van der Waals surface area contributed by atoms with Crippen LogP contribution in [0.5, 0.6) is 0 Å². The molecule has 0 aliphatic rings. The maximum absolute atomic E-state index is 12.1.